The maximum absolute atomic E-state index is 5.00. The molecule has 7 aromatic rings. The lowest BCUT2D eigenvalue weighted by atomic mass is 10.1. The molecule has 6 heterocycles. The van der Waals surface area contributed by atoms with Crippen LogP contribution in [0.1, 0.15) is 11.4 Å². The minimum atomic E-state index is 0.708. The Labute approximate surface area is 213 Å². The van der Waals surface area contributed by atoms with E-state index in [0.29, 0.717) is 6.42 Å². The van der Waals surface area contributed by atoms with Crippen LogP contribution in [-0.2, 0) is 6.42 Å². The highest BCUT2D eigenvalue weighted by Crippen LogP contribution is 2.29. The molecular weight excluding hydrogens is 456 g/mol. The first-order valence-electron chi connectivity index (χ1n) is 12.2. The van der Waals surface area contributed by atoms with Crippen LogP contribution in [0, 0.1) is 0 Å². The Morgan fingerprint density at radius 2 is 1.14 bits per heavy atom. The van der Waals surface area contributed by atoms with E-state index in [9.17, 15) is 0 Å². The predicted molar refractivity (Wildman–Crippen MR) is 145 cm³/mol. The van der Waals surface area contributed by atoms with Gasteiger partial charge in [0.2, 0.25) is 0 Å². The second-order valence-electron chi connectivity index (χ2n) is 8.88. The van der Waals surface area contributed by atoms with Crippen LogP contribution in [0.15, 0.2) is 122 Å². The lowest BCUT2D eigenvalue weighted by Gasteiger charge is -2.04. The highest BCUT2D eigenvalue weighted by atomic mass is 15.0. The van der Waals surface area contributed by atoms with Crippen molar-refractivity contribution in [3.8, 4) is 34.2 Å². The topological polar surface area (TPSA) is 60.4 Å². The van der Waals surface area contributed by atoms with Gasteiger partial charge in [-0.25, -0.2) is 9.97 Å². The number of benzene rings is 1. The number of aromatic nitrogens is 6. The number of imidazole rings is 2. The average Bonchev–Trinajstić information content (AvgIpc) is 3.54. The number of pyridine rings is 4. The van der Waals surface area contributed by atoms with Crippen LogP contribution in [0.5, 0.6) is 0 Å². The fourth-order valence-electron chi connectivity index (χ4n) is 4.80. The van der Waals surface area contributed by atoms with Crippen molar-refractivity contribution >= 4 is 11.0 Å². The molecule has 0 atom stereocenters. The van der Waals surface area contributed by atoms with Gasteiger partial charge in [-0.1, -0.05) is 48.5 Å². The molecule has 0 amide bonds. The molecule has 0 saturated heterocycles. The summed E-state index contributed by atoms with van der Waals surface area (Å²) in [6, 6.07) is 32.7. The van der Waals surface area contributed by atoms with Crippen molar-refractivity contribution < 1.29 is 0 Å². The van der Waals surface area contributed by atoms with E-state index in [0.717, 1.165) is 51.0 Å². The monoisotopic (exact) mass is 478 g/mol. The van der Waals surface area contributed by atoms with Gasteiger partial charge in [0.05, 0.1) is 22.4 Å². The van der Waals surface area contributed by atoms with Crippen molar-refractivity contribution in [2.75, 3.05) is 0 Å². The number of fused-ring (bicyclic) bond motifs is 2. The number of hydrogen-bond donors (Lipinski definition) is 0. The zero-order valence-corrected chi connectivity index (χ0v) is 19.9. The standard InChI is InChI=1S/C31H22N6/c1-5-17-32-24(9-1)29-26-11-3-7-19-36(26)28(34-29)21-22-13-15-23(16-14-22)31-35-30(25-10-2-6-18-33-25)27-12-4-8-20-37(27)31/h1-20H,21H2. The summed E-state index contributed by atoms with van der Waals surface area (Å²) in [6.45, 7) is 0. The highest BCUT2D eigenvalue weighted by molar-refractivity contribution is 5.80. The summed E-state index contributed by atoms with van der Waals surface area (Å²) in [7, 11) is 0. The molecule has 6 nitrogen and oxygen atoms in total. The minimum absolute atomic E-state index is 0.708. The summed E-state index contributed by atoms with van der Waals surface area (Å²) in [6.07, 6.45) is 8.43. The van der Waals surface area contributed by atoms with E-state index in [1.54, 1.807) is 12.4 Å². The fourth-order valence-corrected chi connectivity index (χ4v) is 4.80. The van der Waals surface area contributed by atoms with Gasteiger partial charge in [-0.2, -0.15) is 0 Å². The van der Waals surface area contributed by atoms with Crippen LogP contribution in [0.3, 0.4) is 0 Å². The number of hydrogen-bond acceptors (Lipinski definition) is 4. The average molecular weight is 479 g/mol. The van der Waals surface area contributed by atoms with Crippen molar-refractivity contribution in [1.82, 2.24) is 28.7 Å². The van der Waals surface area contributed by atoms with Gasteiger partial charge in [-0.15, -0.1) is 0 Å². The summed E-state index contributed by atoms with van der Waals surface area (Å²) in [4.78, 5) is 19.0. The van der Waals surface area contributed by atoms with E-state index in [2.05, 4.69) is 61.4 Å². The van der Waals surface area contributed by atoms with Crippen molar-refractivity contribution in [2.45, 2.75) is 6.42 Å². The number of nitrogens with zero attached hydrogens (tertiary/aromatic N) is 6. The minimum Gasteiger partial charge on any atom is -0.303 e. The van der Waals surface area contributed by atoms with E-state index in [1.165, 1.54) is 5.56 Å². The molecule has 0 fully saturated rings. The Bertz CT molecular complexity index is 1830. The maximum Gasteiger partial charge on any atom is 0.145 e. The SMILES string of the molecule is c1ccc(-c2nc(Cc3ccc(-c4nc(-c5ccccn5)c5ccccn45)cc3)n3ccccc23)nc1. The summed E-state index contributed by atoms with van der Waals surface area (Å²) in [5.74, 6) is 1.87. The van der Waals surface area contributed by atoms with Crippen LogP contribution < -0.4 is 0 Å². The van der Waals surface area contributed by atoms with E-state index in [1.807, 2.05) is 66.9 Å². The van der Waals surface area contributed by atoms with Gasteiger partial charge in [0.1, 0.15) is 23.0 Å². The predicted octanol–water partition coefficient (Wildman–Crippen LogP) is 6.36. The third-order valence-corrected chi connectivity index (χ3v) is 6.56. The molecule has 0 aliphatic heterocycles. The third-order valence-electron chi connectivity index (χ3n) is 6.56. The van der Waals surface area contributed by atoms with Crippen molar-refractivity contribution in [3.05, 3.63) is 133 Å². The summed E-state index contributed by atoms with van der Waals surface area (Å²) >= 11 is 0. The van der Waals surface area contributed by atoms with Crippen LogP contribution >= 0.6 is 0 Å². The Morgan fingerprint density at radius 3 is 1.78 bits per heavy atom. The Kier molecular flexibility index (Phi) is 5.07. The van der Waals surface area contributed by atoms with E-state index >= 15 is 0 Å². The molecule has 0 spiro atoms. The third kappa shape index (κ3) is 3.76. The smallest absolute Gasteiger partial charge is 0.145 e. The van der Waals surface area contributed by atoms with Gasteiger partial charge >= 0.3 is 0 Å². The summed E-state index contributed by atoms with van der Waals surface area (Å²) < 4.78 is 4.28. The van der Waals surface area contributed by atoms with Gasteiger partial charge in [0, 0.05) is 36.8 Å². The normalized spacial score (nSPS) is 11.4. The fraction of sp³-hybridized carbons (Fsp3) is 0.0323. The molecule has 0 aliphatic rings. The van der Waals surface area contributed by atoms with Crippen LogP contribution in [0.25, 0.3) is 45.2 Å². The zero-order chi connectivity index (χ0) is 24.6. The summed E-state index contributed by atoms with van der Waals surface area (Å²) in [5, 5.41) is 0. The van der Waals surface area contributed by atoms with Crippen molar-refractivity contribution in [3.63, 3.8) is 0 Å². The molecule has 1 aromatic carbocycles. The molecule has 176 valence electrons. The molecule has 0 radical (unpaired) electrons. The second-order valence-corrected chi connectivity index (χ2v) is 8.88. The molecule has 7 rings (SSSR count). The zero-order valence-electron chi connectivity index (χ0n) is 19.9. The molecule has 0 unspecified atom stereocenters. The number of rotatable bonds is 5. The van der Waals surface area contributed by atoms with Gasteiger partial charge in [-0.3, -0.25) is 14.4 Å². The van der Waals surface area contributed by atoms with Crippen LogP contribution in [0.2, 0.25) is 0 Å². The molecule has 0 aliphatic carbocycles. The summed E-state index contributed by atoms with van der Waals surface area (Å²) in [5.41, 5.74) is 7.84. The Balaban J connectivity index is 1.25. The molecule has 6 heteroatoms. The molecule has 0 bridgehead atoms. The van der Waals surface area contributed by atoms with Crippen molar-refractivity contribution in [1.29, 1.82) is 0 Å². The van der Waals surface area contributed by atoms with Gasteiger partial charge in [-0.05, 0) is 54.1 Å². The van der Waals surface area contributed by atoms with E-state index < -0.39 is 0 Å². The second kappa shape index (κ2) is 8.84. The highest BCUT2D eigenvalue weighted by Gasteiger charge is 2.16. The Morgan fingerprint density at radius 1 is 0.541 bits per heavy atom. The van der Waals surface area contributed by atoms with E-state index in [4.69, 9.17) is 9.97 Å². The molecule has 0 N–H and O–H groups in total. The van der Waals surface area contributed by atoms with Crippen LogP contribution in [0.4, 0.5) is 0 Å². The lowest BCUT2D eigenvalue weighted by molar-refractivity contribution is 0.961. The van der Waals surface area contributed by atoms with Gasteiger partial charge < -0.3 is 4.40 Å². The molecule has 0 saturated carbocycles. The first-order chi connectivity index (χ1) is 18.3. The molecule has 6 aromatic heterocycles. The molecule has 37 heavy (non-hydrogen) atoms. The lowest BCUT2D eigenvalue weighted by Crippen LogP contribution is -1.96. The first-order valence-corrected chi connectivity index (χ1v) is 12.2. The van der Waals surface area contributed by atoms with E-state index in [-0.39, 0.29) is 0 Å². The first kappa shape index (κ1) is 21.2. The quantitative estimate of drug-likeness (QED) is 0.289. The van der Waals surface area contributed by atoms with Crippen LogP contribution in [-0.4, -0.2) is 28.7 Å². The molecular formula is C31H22N6. The Hall–Kier alpha value is -5.10. The van der Waals surface area contributed by atoms with Gasteiger partial charge in [0.15, 0.2) is 0 Å². The van der Waals surface area contributed by atoms with Crippen molar-refractivity contribution in [2.24, 2.45) is 0 Å². The van der Waals surface area contributed by atoms with Gasteiger partial charge in [0.25, 0.3) is 0 Å². The largest absolute Gasteiger partial charge is 0.303 e. The maximum atomic E-state index is 5.00.